The Morgan fingerprint density at radius 2 is 1.94 bits per heavy atom. The number of halogens is 2. The van der Waals surface area contributed by atoms with E-state index in [0.717, 1.165) is 0 Å². The number of carbonyl (C=O) groups excluding carboxylic acids is 3. The molecule has 0 spiro atoms. The highest BCUT2D eigenvalue weighted by Gasteiger charge is 2.75. The molecule has 0 radical (unpaired) electrons. The highest BCUT2D eigenvalue weighted by molar-refractivity contribution is 9.10. The van der Waals surface area contributed by atoms with Crippen molar-refractivity contribution in [1.29, 1.82) is 0 Å². The maximum absolute atomic E-state index is 15.5. The zero-order valence-electron chi connectivity index (χ0n) is 18.7. The van der Waals surface area contributed by atoms with Crippen LogP contribution in [-0.2, 0) is 19.1 Å². The van der Waals surface area contributed by atoms with Crippen LogP contribution in [-0.4, -0.2) is 56.6 Å². The Bertz CT molecular complexity index is 947. The maximum atomic E-state index is 15.5. The molecule has 6 nitrogen and oxygen atoms in total. The summed E-state index contributed by atoms with van der Waals surface area (Å²) in [6.45, 7) is 6.04. The molecule has 0 amide bonds. The van der Waals surface area contributed by atoms with Crippen molar-refractivity contribution in [3.63, 3.8) is 0 Å². The summed E-state index contributed by atoms with van der Waals surface area (Å²) < 4.78 is 19.4. The Hall–Kier alpha value is -1.38. The number of ketones is 2. The number of aliphatic hydroxyl groups is 2. The minimum atomic E-state index is -1.82. The minimum absolute atomic E-state index is 0.0754. The van der Waals surface area contributed by atoms with Crippen molar-refractivity contribution < 1.29 is 33.7 Å². The first-order chi connectivity index (χ1) is 14.7. The first-order valence-electron chi connectivity index (χ1n) is 11.1. The largest absolute Gasteiger partial charge is 0.458 e. The van der Waals surface area contributed by atoms with E-state index in [4.69, 9.17) is 4.74 Å². The fraction of sp³-hybridized carbons (Fsp3) is 0.708. The fourth-order valence-electron chi connectivity index (χ4n) is 7.41. The van der Waals surface area contributed by atoms with Gasteiger partial charge in [0.2, 0.25) is 5.78 Å². The lowest BCUT2D eigenvalue weighted by Crippen LogP contribution is -2.70. The van der Waals surface area contributed by atoms with Crippen molar-refractivity contribution in [1.82, 2.24) is 0 Å². The molecule has 176 valence electrons. The SMILES string of the molecule is CC(=O)OCC(=O)[C@@]1(O)C(C)C[C@H]2[C@@H]3CC(F)C4=CC(=O)C=C[C@]4(C)[C@@]3(Br)C(O)C[C@@]21C. The average molecular weight is 513 g/mol. The smallest absolute Gasteiger partial charge is 0.303 e. The van der Waals surface area contributed by atoms with E-state index in [1.165, 1.54) is 19.1 Å². The molecule has 32 heavy (non-hydrogen) atoms. The molecule has 4 rings (SSSR count). The molecule has 4 aliphatic carbocycles. The number of rotatable bonds is 3. The Morgan fingerprint density at radius 3 is 2.56 bits per heavy atom. The summed E-state index contributed by atoms with van der Waals surface area (Å²) in [4.78, 5) is 36.4. The minimum Gasteiger partial charge on any atom is -0.458 e. The molecule has 0 heterocycles. The van der Waals surface area contributed by atoms with Gasteiger partial charge in [0.15, 0.2) is 12.4 Å². The van der Waals surface area contributed by atoms with Gasteiger partial charge in [-0.1, -0.05) is 42.8 Å². The molecular formula is C24H30BrFO6. The van der Waals surface area contributed by atoms with E-state index in [9.17, 15) is 24.6 Å². The van der Waals surface area contributed by atoms with Crippen LogP contribution in [0, 0.1) is 28.6 Å². The lowest BCUT2D eigenvalue weighted by atomic mass is 9.45. The van der Waals surface area contributed by atoms with Crippen molar-refractivity contribution in [2.45, 2.75) is 69.2 Å². The average Bonchev–Trinajstić information content (AvgIpc) is 2.91. The van der Waals surface area contributed by atoms with Crippen molar-refractivity contribution in [2.24, 2.45) is 28.6 Å². The zero-order chi connectivity index (χ0) is 23.9. The van der Waals surface area contributed by atoms with Gasteiger partial charge >= 0.3 is 5.97 Å². The van der Waals surface area contributed by atoms with Gasteiger partial charge in [0.05, 0.1) is 10.4 Å². The summed E-state index contributed by atoms with van der Waals surface area (Å²) in [6, 6.07) is 0. The van der Waals surface area contributed by atoms with Crippen LogP contribution < -0.4 is 0 Å². The number of alkyl halides is 2. The summed E-state index contributed by atoms with van der Waals surface area (Å²) in [5.41, 5.74) is -3.43. The standard InChI is InChI=1S/C24H30BrFO6/c1-12-7-15-16-9-18(26)17-8-14(28)5-6-21(17,3)23(16,25)19(29)10-22(15,4)24(12,31)20(30)11-32-13(2)27/h5-6,8,12,15-16,18-19,29,31H,7,9-11H2,1-4H3/t12?,15-,16-,18?,19?,21-,22-,23-,24-/m0/s1. The Balaban J connectivity index is 1.79. The van der Waals surface area contributed by atoms with E-state index in [-0.39, 0.29) is 24.5 Å². The highest BCUT2D eigenvalue weighted by Crippen LogP contribution is 2.72. The Kier molecular flexibility index (Phi) is 5.43. The van der Waals surface area contributed by atoms with E-state index < -0.39 is 63.2 Å². The van der Waals surface area contributed by atoms with E-state index in [1.54, 1.807) is 19.9 Å². The third kappa shape index (κ3) is 2.78. The van der Waals surface area contributed by atoms with Crippen LogP contribution >= 0.6 is 15.9 Å². The summed E-state index contributed by atoms with van der Waals surface area (Å²) in [6.07, 6.45) is 2.68. The number of hydrogen-bond acceptors (Lipinski definition) is 6. The van der Waals surface area contributed by atoms with Crippen LogP contribution in [0.2, 0.25) is 0 Å². The molecule has 0 aliphatic heterocycles. The first-order valence-corrected chi connectivity index (χ1v) is 11.9. The first kappa shape index (κ1) is 23.8. The van der Waals surface area contributed by atoms with E-state index in [0.29, 0.717) is 12.0 Å². The third-order valence-corrected chi connectivity index (χ3v) is 11.0. The number of allylic oxidation sites excluding steroid dienone is 4. The number of esters is 1. The molecule has 3 fully saturated rings. The van der Waals surface area contributed by atoms with Crippen LogP contribution in [0.5, 0.6) is 0 Å². The summed E-state index contributed by atoms with van der Waals surface area (Å²) in [5, 5.41) is 23.3. The van der Waals surface area contributed by atoms with Gasteiger partial charge in [-0.3, -0.25) is 14.4 Å². The topological polar surface area (TPSA) is 101 Å². The molecule has 2 N–H and O–H groups in total. The van der Waals surface area contributed by atoms with Gasteiger partial charge in [0.25, 0.3) is 0 Å². The van der Waals surface area contributed by atoms with Gasteiger partial charge in [0.1, 0.15) is 11.8 Å². The molecule has 0 aromatic heterocycles. The van der Waals surface area contributed by atoms with E-state index >= 15 is 4.39 Å². The van der Waals surface area contributed by atoms with E-state index in [1.807, 2.05) is 6.92 Å². The Labute approximate surface area is 195 Å². The number of aliphatic hydroxyl groups excluding tert-OH is 1. The zero-order valence-corrected chi connectivity index (χ0v) is 20.3. The number of ether oxygens (including phenoxy) is 1. The molecule has 4 aliphatic rings. The molecule has 0 saturated heterocycles. The third-order valence-electron chi connectivity index (χ3n) is 9.04. The van der Waals surface area contributed by atoms with Gasteiger partial charge in [-0.05, 0) is 54.7 Å². The van der Waals surface area contributed by atoms with Gasteiger partial charge < -0.3 is 14.9 Å². The molecule has 0 aromatic carbocycles. The highest BCUT2D eigenvalue weighted by atomic mass is 79.9. The molecule has 0 bridgehead atoms. The fourth-order valence-corrected chi connectivity index (χ4v) is 8.44. The summed E-state index contributed by atoms with van der Waals surface area (Å²) in [7, 11) is 0. The van der Waals surface area contributed by atoms with Crippen LogP contribution in [0.15, 0.2) is 23.8 Å². The van der Waals surface area contributed by atoms with Crippen LogP contribution in [0.3, 0.4) is 0 Å². The normalized spacial score (nSPS) is 49.6. The molecule has 9 atom stereocenters. The van der Waals surface area contributed by atoms with Gasteiger partial charge in [-0.25, -0.2) is 4.39 Å². The predicted molar refractivity (Wildman–Crippen MR) is 118 cm³/mol. The van der Waals surface area contributed by atoms with Crippen LogP contribution in [0.4, 0.5) is 4.39 Å². The second-order valence-electron chi connectivity index (χ2n) is 10.5. The van der Waals surface area contributed by atoms with Crippen LogP contribution in [0.25, 0.3) is 0 Å². The van der Waals surface area contributed by atoms with Crippen LogP contribution in [0.1, 0.15) is 47.0 Å². The predicted octanol–water partition coefficient (Wildman–Crippen LogP) is 2.84. The molecule has 0 aromatic rings. The van der Waals surface area contributed by atoms with E-state index in [2.05, 4.69) is 15.9 Å². The lowest BCUT2D eigenvalue weighted by Gasteiger charge is -2.64. The summed E-state index contributed by atoms with van der Waals surface area (Å²) >= 11 is 3.83. The molecule has 3 unspecified atom stereocenters. The van der Waals surface area contributed by atoms with Gasteiger partial charge in [-0.15, -0.1) is 0 Å². The van der Waals surface area contributed by atoms with Gasteiger partial charge in [-0.2, -0.15) is 0 Å². The van der Waals surface area contributed by atoms with Gasteiger partial charge in [0, 0.05) is 17.8 Å². The summed E-state index contributed by atoms with van der Waals surface area (Å²) in [5.74, 6) is -2.62. The lowest BCUT2D eigenvalue weighted by molar-refractivity contribution is -0.182. The number of hydrogen-bond donors (Lipinski definition) is 2. The molecule has 8 heteroatoms. The number of fused-ring (bicyclic) bond motifs is 5. The number of carbonyl (C=O) groups is 3. The Morgan fingerprint density at radius 1 is 1.28 bits per heavy atom. The maximum Gasteiger partial charge on any atom is 0.303 e. The molecular weight excluding hydrogens is 483 g/mol. The van der Waals surface area contributed by atoms with Crippen molar-refractivity contribution >= 4 is 33.5 Å². The molecule has 3 saturated carbocycles. The second-order valence-corrected chi connectivity index (χ2v) is 11.8. The monoisotopic (exact) mass is 512 g/mol. The van der Waals surface area contributed by atoms with Crippen molar-refractivity contribution in [3.8, 4) is 0 Å². The van der Waals surface area contributed by atoms with Crippen molar-refractivity contribution in [2.75, 3.05) is 6.61 Å². The van der Waals surface area contributed by atoms with Crippen molar-refractivity contribution in [3.05, 3.63) is 23.8 Å². The number of Topliss-reactive ketones (excluding diaryl/α,β-unsaturated/α-hetero) is 1. The quantitative estimate of drug-likeness (QED) is 0.445. The second kappa shape index (κ2) is 7.31.